The van der Waals surface area contributed by atoms with Crippen LogP contribution in [-0.2, 0) is 19.2 Å². The molecule has 0 saturated carbocycles. The number of nitrogens with zero attached hydrogens (tertiary/aromatic N) is 2. The monoisotopic (exact) mass is 698 g/mol. The molecule has 4 aromatic rings. The van der Waals surface area contributed by atoms with Crippen molar-refractivity contribution in [2.45, 2.75) is 64.5 Å². The fraction of sp³-hybridized carbons (Fsp3) is 0.351. The minimum absolute atomic E-state index is 0.0105. The summed E-state index contributed by atoms with van der Waals surface area (Å²) in [5.41, 5.74) is 3.67. The summed E-state index contributed by atoms with van der Waals surface area (Å²) in [7, 11) is 0. The van der Waals surface area contributed by atoms with Crippen molar-refractivity contribution < 1.29 is 23.6 Å². The predicted octanol–water partition coefficient (Wildman–Crippen LogP) is 7.18. The quantitative estimate of drug-likeness (QED) is 0.203. The minimum Gasteiger partial charge on any atom is -0.455 e. The maximum absolute atomic E-state index is 13.8. The molecule has 3 aromatic carbocycles. The first-order valence-electron chi connectivity index (χ1n) is 16.2. The van der Waals surface area contributed by atoms with E-state index in [9.17, 15) is 19.2 Å². The van der Waals surface area contributed by atoms with E-state index in [2.05, 4.69) is 26.6 Å². The second-order valence-corrected chi connectivity index (χ2v) is 13.5. The SMILES string of the molecule is CC(=O)N1CCC[C@H]1C(=O)Nc1ccc(-c2oc3ccc(NC(=O)[C@@H]4CCCN4C(=O)[C@@H](c4ccccc4)C(C)C)cc3c2Br)cc1. The number of amides is 4. The fourth-order valence-electron chi connectivity index (χ4n) is 6.86. The Hall–Kier alpha value is -4.44. The van der Waals surface area contributed by atoms with E-state index in [1.165, 1.54) is 6.92 Å². The van der Waals surface area contributed by atoms with Gasteiger partial charge in [-0.3, -0.25) is 19.2 Å². The maximum atomic E-state index is 13.8. The Balaban J connectivity index is 1.15. The van der Waals surface area contributed by atoms with Crippen molar-refractivity contribution in [3.63, 3.8) is 0 Å². The molecule has 9 nitrogen and oxygen atoms in total. The van der Waals surface area contributed by atoms with Gasteiger partial charge in [-0.25, -0.2) is 0 Å². The highest BCUT2D eigenvalue weighted by molar-refractivity contribution is 9.10. The summed E-state index contributed by atoms with van der Waals surface area (Å²) in [5.74, 6) is -0.0921. The van der Waals surface area contributed by atoms with Crippen molar-refractivity contribution in [2.24, 2.45) is 5.92 Å². The fourth-order valence-corrected chi connectivity index (χ4v) is 7.48. The molecule has 4 amide bonds. The van der Waals surface area contributed by atoms with Gasteiger partial charge in [0.1, 0.15) is 23.4 Å². The molecule has 2 fully saturated rings. The highest BCUT2D eigenvalue weighted by atomic mass is 79.9. The summed E-state index contributed by atoms with van der Waals surface area (Å²) in [4.78, 5) is 55.4. The molecular formula is C37H39BrN4O5. The number of carbonyl (C=O) groups is 4. The number of hydrogen-bond donors (Lipinski definition) is 2. The Morgan fingerprint density at radius 1 is 0.809 bits per heavy atom. The van der Waals surface area contributed by atoms with Gasteiger partial charge in [0.25, 0.3) is 0 Å². The molecule has 1 aromatic heterocycles. The Kier molecular flexibility index (Phi) is 9.50. The zero-order valence-corrected chi connectivity index (χ0v) is 28.4. The zero-order chi connectivity index (χ0) is 33.2. The van der Waals surface area contributed by atoms with Gasteiger partial charge in [-0.1, -0.05) is 44.2 Å². The van der Waals surface area contributed by atoms with Crippen molar-refractivity contribution in [1.82, 2.24) is 9.80 Å². The second kappa shape index (κ2) is 13.7. The number of nitrogens with one attached hydrogen (secondary N) is 2. The Labute approximate surface area is 282 Å². The van der Waals surface area contributed by atoms with E-state index in [1.54, 1.807) is 15.9 Å². The normalized spacial score (nSPS) is 18.5. The highest BCUT2D eigenvalue weighted by Crippen LogP contribution is 2.39. The number of carbonyl (C=O) groups excluding carboxylic acids is 4. The first-order chi connectivity index (χ1) is 22.6. The summed E-state index contributed by atoms with van der Waals surface area (Å²) in [6, 6.07) is 21.6. The number of hydrogen-bond acceptors (Lipinski definition) is 5. The molecular weight excluding hydrogens is 660 g/mol. The van der Waals surface area contributed by atoms with Crippen LogP contribution in [0.1, 0.15) is 57.9 Å². The van der Waals surface area contributed by atoms with Crippen molar-refractivity contribution in [3.8, 4) is 11.3 Å². The third kappa shape index (κ3) is 6.70. The number of likely N-dealkylation sites (tertiary alicyclic amines) is 2. The van der Waals surface area contributed by atoms with Gasteiger partial charge in [-0.05, 0) is 95.6 Å². The van der Waals surface area contributed by atoms with Gasteiger partial charge in [0.05, 0.1) is 10.4 Å². The molecule has 10 heteroatoms. The maximum Gasteiger partial charge on any atom is 0.247 e. The molecule has 0 aliphatic carbocycles. The lowest BCUT2D eigenvalue weighted by Gasteiger charge is -2.30. The van der Waals surface area contributed by atoms with Crippen LogP contribution in [-0.4, -0.2) is 58.6 Å². The average molecular weight is 700 g/mol. The Bertz CT molecular complexity index is 1800. The number of halogens is 1. The number of rotatable bonds is 8. The van der Waals surface area contributed by atoms with Crippen molar-refractivity contribution in [1.29, 1.82) is 0 Å². The Morgan fingerprint density at radius 3 is 2.04 bits per heavy atom. The summed E-state index contributed by atoms with van der Waals surface area (Å²) in [5, 5.41) is 6.77. The van der Waals surface area contributed by atoms with E-state index in [0.717, 1.165) is 33.8 Å². The first-order valence-corrected chi connectivity index (χ1v) is 17.0. The average Bonchev–Trinajstić information content (AvgIpc) is 3.82. The van der Waals surface area contributed by atoms with E-state index < -0.39 is 12.1 Å². The second-order valence-electron chi connectivity index (χ2n) is 12.7. The third-order valence-corrected chi connectivity index (χ3v) is 9.99. The largest absolute Gasteiger partial charge is 0.455 e. The third-order valence-electron chi connectivity index (χ3n) is 9.20. The molecule has 0 radical (unpaired) electrons. The van der Waals surface area contributed by atoms with Crippen LogP contribution in [0.2, 0.25) is 0 Å². The first kappa shape index (κ1) is 32.5. The van der Waals surface area contributed by atoms with Gasteiger partial charge in [-0.2, -0.15) is 0 Å². The van der Waals surface area contributed by atoms with Crippen LogP contribution in [0.4, 0.5) is 11.4 Å². The molecule has 2 aliphatic heterocycles. The van der Waals surface area contributed by atoms with Gasteiger partial charge in [0.15, 0.2) is 0 Å². The van der Waals surface area contributed by atoms with E-state index in [1.807, 2.05) is 80.6 Å². The van der Waals surface area contributed by atoms with Crippen LogP contribution in [0.25, 0.3) is 22.3 Å². The van der Waals surface area contributed by atoms with E-state index in [4.69, 9.17) is 4.42 Å². The zero-order valence-electron chi connectivity index (χ0n) is 26.8. The Morgan fingerprint density at radius 2 is 1.40 bits per heavy atom. The van der Waals surface area contributed by atoms with Crippen LogP contribution in [0.15, 0.2) is 81.7 Å². The van der Waals surface area contributed by atoms with Gasteiger partial charge >= 0.3 is 0 Å². The molecule has 47 heavy (non-hydrogen) atoms. The summed E-state index contributed by atoms with van der Waals surface area (Å²) in [6.07, 6.45) is 2.86. The highest BCUT2D eigenvalue weighted by Gasteiger charge is 2.38. The molecule has 244 valence electrons. The molecule has 2 N–H and O–H groups in total. The summed E-state index contributed by atoms with van der Waals surface area (Å²) in [6.45, 7) is 6.73. The molecule has 2 aliphatic rings. The van der Waals surface area contributed by atoms with Gasteiger partial charge in [-0.15, -0.1) is 0 Å². The molecule has 2 saturated heterocycles. The molecule has 6 rings (SSSR count). The predicted molar refractivity (Wildman–Crippen MR) is 186 cm³/mol. The number of fused-ring (bicyclic) bond motifs is 1. The lowest BCUT2D eigenvalue weighted by Crippen LogP contribution is -2.46. The molecule has 0 spiro atoms. The number of anilines is 2. The number of furan rings is 1. The van der Waals surface area contributed by atoms with Crippen LogP contribution >= 0.6 is 15.9 Å². The van der Waals surface area contributed by atoms with Crippen molar-refractivity contribution in [2.75, 3.05) is 23.7 Å². The van der Waals surface area contributed by atoms with E-state index in [-0.39, 0.29) is 35.5 Å². The van der Waals surface area contributed by atoms with Gasteiger partial charge in [0, 0.05) is 42.3 Å². The lowest BCUT2D eigenvalue weighted by molar-refractivity contribution is -0.138. The van der Waals surface area contributed by atoms with Crippen LogP contribution < -0.4 is 10.6 Å². The molecule has 0 bridgehead atoms. The lowest BCUT2D eigenvalue weighted by atomic mass is 9.87. The van der Waals surface area contributed by atoms with E-state index >= 15 is 0 Å². The van der Waals surface area contributed by atoms with Crippen LogP contribution in [0, 0.1) is 5.92 Å². The van der Waals surface area contributed by atoms with Crippen molar-refractivity contribution >= 4 is 61.9 Å². The molecule has 0 unspecified atom stereocenters. The van der Waals surface area contributed by atoms with Gasteiger partial charge in [0.2, 0.25) is 23.6 Å². The minimum atomic E-state index is -0.537. The number of benzene rings is 3. The molecule has 3 atom stereocenters. The van der Waals surface area contributed by atoms with E-state index in [0.29, 0.717) is 48.6 Å². The topological polar surface area (TPSA) is 112 Å². The summed E-state index contributed by atoms with van der Waals surface area (Å²) >= 11 is 3.69. The van der Waals surface area contributed by atoms with Crippen LogP contribution in [0.3, 0.4) is 0 Å². The van der Waals surface area contributed by atoms with Crippen molar-refractivity contribution in [3.05, 3.63) is 82.8 Å². The summed E-state index contributed by atoms with van der Waals surface area (Å²) < 4.78 is 6.92. The smallest absolute Gasteiger partial charge is 0.247 e. The molecule has 3 heterocycles. The standard InChI is InChI=1S/C37H39BrN4O5/c1-22(2)32(24-9-5-4-6-10-24)37(46)42-20-8-12-30(42)36(45)40-27-17-18-31-28(21-27)33(38)34(47-31)25-13-15-26(16-14-25)39-35(44)29-11-7-19-41(29)23(3)43/h4-6,9-10,13-18,21-22,29-30,32H,7-8,11-12,19-20H2,1-3H3,(H,39,44)(H,40,45)/t29-,30-,32+/m0/s1. The van der Waals surface area contributed by atoms with Crippen LogP contribution in [0.5, 0.6) is 0 Å². The van der Waals surface area contributed by atoms with Gasteiger partial charge < -0.3 is 24.9 Å².